The van der Waals surface area contributed by atoms with Crippen LogP contribution in [0.3, 0.4) is 0 Å². The number of benzene rings is 2. The van der Waals surface area contributed by atoms with Crippen molar-refractivity contribution in [1.82, 2.24) is 16.0 Å². The SMILES string of the molecule is COC(=O)Nc1ccc2c(c1)NC(=O)CCCCOCC(NC(=O)/C=C/c1cc(Cl)ccc1N(N)/C=N\N)C1NC=C2N1. The number of carbonyl (C=O) groups is 3. The summed E-state index contributed by atoms with van der Waals surface area (Å²) in [5, 5.41) is 20.2. The number of rotatable bonds is 6. The number of anilines is 3. The monoisotopic (exact) mass is 611 g/mol. The first-order valence-electron chi connectivity index (χ1n) is 13.4. The van der Waals surface area contributed by atoms with Gasteiger partial charge in [0.2, 0.25) is 11.8 Å². The Kier molecular flexibility index (Phi) is 10.8. The number of amides is 3. The normalized spacial score (nSPS) is 18.9. The third-order valence-electron chi connectivity index (χ3n) is 6.58. The van der Waals surface area contributed by atoms with Crippen molar-refractivity contribution in [2.45, 2.75) is 31.5 Å². The molecule has 2 aliphatic rings. The molecule has 2 aromatic rings. The molecule has 3 amide bonds. The Morgan fingerprint density at radius 2 is 2.07 bits per heavy atom. The number of nitrogens with two attached hydrogens (primary N) is 2. The number of halogens is 1. The Morgan fingerprint density at radius 3 is 2.86 bits per heavy atom. The van der Waals surface area contributed by atoms with Gasteiger partial charge < -0.3 is 36.6 Å². The number of hydrogen-bond acceptors (Lipinski definition) is 10. The van der Waals surface area contributed by atoms with E-state index in [0.717, 1.165) is 0 Å². The maximum absolute atomic E-state index is 13.1. The summed E-state index contributed by atoms with van der Waals surface area (Å²) >= 11 is 6.16. The Hall–Kier alpha value is -4.79. The fraction of sp³-hybridized carbons (Fsp3) is 0.286. The number of methoxy groups -OCH3 is 1. The molecule has 0 aliphatic carbocycles. The highest BCUT2D eigenvalue weighted by molar-refractivity contribution is 6.30. The van der Waals surface area contributed by atoms with Crippen molar-refractivity contribution < 1.29 is 23.9 Å². The topological polar surface area (TPSA) is 197 Å². The summed E-state index contributed by atoms with van der Waals surface area (Å²) in [5.41, 5.74) is 3.42. The number of hydrazone groups is 1. The number of hydrazine groups is 1. The van der Waals surface area contributed by atoms with Crippen LogP contribution in [-0.2, 0) is 19.1 Å². The Morgan fingerprint density at radius 1 is 1.23 bits per heavy atom. The number of fused-ring (bicyclic) bond motifs is 4. The van der Waals surface area contributed by atoms with Crippen LogP contribution in [0, 0.1) is 0 Å². The van der Waals surface area contributed by atoms with Gasteiger partial charge in [-0.2, -0.15) is 5.10 Å². The second-order valence-electron chi connectivity index (χ2n) is 9.63. The molecule has 9 N–H and O–H groups in total. The van der Waals surface area contributed by atoms with Crippen molar-refractivity contribution >= 4 is 64.7 Å². The minimum atomic E-state index is -0.629. The highest BCUT2D eigenvalue weighted by Crippen LogP contribution is 2.29. The Labute approximate surface area is 253 Å². The summed E-state index contributed by atoms with van der Waals surface area (Å²) in [7, 11) is 1.27. The largest absolute Gasteiger partial charge is 0.453 e. The lowest BCUT2D eigenvalue weighted by molar-refractivity contribution is -0.118. The smallest absolute Gasteiger partial charge is 0.411 e. The van der Waals surface area contributed by atoms with Crippen LogP contribution >= 0.6 is 11.6 Å². The van der Waals surface area contributed by atoms with Gasteiger partial charge >= 0.3 is 6.09 Å². The quantitative estimate of drug-likeness (QED) is 0.0836. The Balaban J connectivity index is 1.53. The molecule has 14 nitrogen and oxygen atoms in total. The molecule has 2 unspecified atom stereocenters. The molecule has 2 heterocycles. The molecule has 2 bridgehead atoms. The van der Waals surface area contributed by atoms with Crippen molar-refractivity contribution in [2.75, 3.05) is 36.0 Å². The summed E-state index contributed by atoms with van der Waals surface area (Å²) in [6, 6.07) is 9.63. The van der Waals surface area contributed by atoms with Crippen LogP contribution < -0.4 is 43.3 Å². The maximum Gasteiger partial charge on any atom is 0.411 e. The minimum absolute atomic E-state index is 0.163. The van der Waals surface area contributed by atoms with E-state index in [9.17, 15) is 14.4 Å². The Bertz CT molecular complexity index is 1430. The van der Waals surface area contributed by atoms with Gasteiger partial charge in [-0.25, -0.2) is 10.6 Å². The molecule has 15 heteroatoms. The second-order valence-corrected chi connectivity index (χ2v) is 10.1. The van der Waals surface area contributed by atoms with Crippen LogP contribution in [0.5, 0.6) is 0 Å². The third-order valence-corrected chi connectivity index (χ3v) is 6.81. The van der Waals surface area contributed by atoms with E-state index in [-0.39, 0.29) is 18.4 Å². The van der Waals surface area contributed by atoms with Gasteiger partial charge in [-0.05, 0) is 55.3 Å². The standard InChI is InChI=1S/C28H34ClN9O5/c1-42-28(41)34-19-7-8-20-21(13-19)35-25(39)4-2-3-11-43-15-23(27-32-14-22(20)37-27)36-26(40)10-5-17-12-18(29)6-9-24(17)38(31)16-33-30/h5-10,12-14,16,23,27,32,37H,2-4,11,15,30-31H2,1H3,(H,34,41)(H,35,39)(H,36,40)/b10-5+,33-16-. The first kappa shape index (κ1) is 31.2. The van der Waals surface area contributed by atoms with Gasteiger partial charge in [-0.3, -0.25) is 19.9 Å². The average molecular weight is 612 g/mol. The van der Waals surface area contributed by atoms with Crippen molar-refractivity contribution in [2.24, 2.45) is 16.8 Å². The van der Waals surface area contributed by atoms with Gasteiger partial charge in [0, 0.05) is 47.1 Å². The number of nitrogens with zero attached hydrogens (tertiary/aromatic N) is 2. The number of nitrogens with one attached hydrogen (secondary N) is 5. The van der Waals surface area contributed by atoms with Crippen LogP contribution in [-0.4, -0.2) is 56.8 Å². The van der Waals surface area contributed by atoms with E-state index in [1.807, 2.05) is 0 Å². The first-order valence-corrected chi connectivity index (χ1v) is 13.8. The molecule has 0 spiro atoms. The fourth-order valence-corrected chi connectivity index (χ4v) is 4.66. The molecular weight excluding hydrogens is 578 g/mol. The predicted octanol–water partition coefficient (Wildman–Crippen LogP) is 2.25. The lowest BCUT2D eigenvalue weighted by atomic mass is 10.1. The number of hydrogen-bond donors (Lipinski definition) is 7. The lowest BCUT2D eigenvalue weighted by Crippen LogP contribution is -2.54. The van der Waals surface area contributed by atoms with Crippen LogP contribution in [0.4, 0.5) is 21.9 Å². The summed E-state index contributed by atoms with van der Waals surface area (Å²) in [5.74, 6) is 10.7. The van der Waals surface area contributed by atoms with E-state index < -0.39 is 18.3 Å². The zero-order valence-corrected chi connectivity index (χ0v) is 24.2. The van der Waals surface area contributed by atoms with E-state index in [2.05, 4.69) is 36.4 Å². The highest BCUT2D eigenvalue weighted by Gasteiger charge is 2.28. The van der Waals surface area contributed by atoms with E-state index >= 15 is 0 Å². The van der Waals surface area contributed by atoms with Gasteiger partial charge in [0.05, 0.1) is 36.8 Å². The maximum atomic E-state index is 13.1. The van der Waals surface area contributed by atoms with Gasteiger partial charge in [0.15, 0.2) is 0 Å². The van der Waals surface area contributed by atoms with Crippen LogP contribution in [0.2, 0.25) is 5.02 Å². The van der Waals surface area contributed by atoms with Gasteiger partial charge in [-0.1, -0.05) is 11.6 Å². The van der Waals surface area contributed by atoms with Crippen molar-refractivity contribution in [3.8, 4) is 0 Å². The summed E-state index contributed by atoms with van der Waals surface area (Å²) in [6.07, 6.45) is 6.43. The molecule has 2 atom stereocenters. The predicted molar refractivity (Wildman–Crippen MR) is 166 cm³/mol. The summed E-state index contributed by atoms with van der Waals surface area (Å²) in [4.78, 5) is 37.5. The molecular formula is C28H34ClN9O5. The number of ether oxygens (including phenoxy) is 2. The van der Waals surface area contributed by atoms with E-state index in [0.29, 0.717) is 64.8 Å². The summed E-state index contributed by atoms with van der Waals surface area (Å²) < 4.78 is 10.6. The number of carbonyl (C=O) groups excluding carboxylic acids is 3. The molecule has 4 rings (SSSR count). The highest BCUT2D eigenvalue weighted by atomic mass is 35.5. The molecule has 228 valence electrons. The van der Waals surface area contributed by atoms with Gasteiger partial charge in [0.1, 0.15) is 12.5 Å². The first-order chi connectivity index (χ1) is 20.8. The van der Waals surface area contributed by atoms with Crippen molar-refractivity contribution in [3.05, 3.63) is 64.8 Å². The molecule has 0 saturated heterocycles. The third kappa shape index (κ3) is 8.61. The van der Waals surface area contributed by atoms with E-state index in [1.165, 1.54) is 24.5 Å². The van der Waals surface area contributed by atoms with Crippen molar-refractivity contribution in [1.29, 1.82) is 0 Å². The zero-order chi connectivity index (χ0) is 30.8. The molecule has 0 fully saturated rings. The molecule has 2 aliphatic heterocycles. The van der Waals surface area contributed by atoms with Gasteiger partial charge in [0.25, 0.3) is 0 Å². The lowest BCUT2D eigenvalue weighted by Gasteiger charge is -2.26. The molecule has 0 aromatic heterocycles. The van der Waals surface area contributed by atoms with Crippen LogP contribution in [0.15, 0.2) is 53.8 Å². The second kappa shape index (κ2) is 14.9. The average Bonchev–Trinajstić information content (AvgIpc) is 3.47. The van der Waals surface area contributed by atoms with Crippen LogP contribution in [0.25, 0.3) is 11.8 Å². The molecule has 43 heavy (non-hydrogen) atoms. The molecule has 0 saturated carbocycles. The van der Waals surface area contributed by atoms with Crippen molar-refractivity contribution in [3.63, 3.8) is 0 Å². The fourth-order valence-electron chi connectivity index (χ4n) is 4.48. The van der Waals surface area contributed by atoms with Crippen LogP contribution in [0.1, 0.15) is 30.4 Å². The summed E-state index contributed by atoms with van der Waals surface area (Å²) in [6.45, 7) is 0.617. The van der Waals surface area contributed by atoms with E-state index in [1.54, 1.807) is 48.7 Å². The molecule has 2 aromatic carbocycles. The van der Waals surface area contributed by atoms with E-state index in [4.69, 9.17) is 28.0 Å². The van der Waals surface area contributed by atoms with Gasteiger partial charge in [-0.15, -0.1) is 0 Å². The molecule has 0 radical (unpaired) electrons. The zero-order valence-electron chi connectivity index (χ0n) is 23.4. The minimum Gasteiger partial charge on any atom is -0.453 e.